The molecule has 118 valence electrons. The predicted octanol–water partition coefficient (Wildman–Crippen LogP) is 1.55. The molecular weight excluding hydrogens is 270 g/mol. The zero-order chi connectivity index (χ0) is 15.3. The van der Waals surface area contributed by atoms with Gasteiger partial charge in [0.05, 0.1) is 0 Å². The topological polar surface area (TPSA) is 78.5 Å². The van der Waals surface area contributed by atoms with Crippen molar-refractivity contribution in [2.24, 2.45) is 0 Å². The van der Waals surface area contributed by atoms with E-state index in [2.05, 4.69) is 10.6 Å². The largest absolute Gasteiger partial charge is 0.356 e. The Morgan fingerprint density at radius 3 is 2.67 bits per heavy atom. The first-order valence-electron chi connectivity index (χ1n) is 8.00. The van der Waals surface area contributed by atoms with Crippen LogP contribution < -0.4 is 10.6 Å². The summed E-state index contributed by atoms with van der Waals surface area (Å²) in [4.78, 5) is 37.1. The molecule has 21 heavy (non-hydrogen) atoms. The van der Waals surface area contributed by atoms with Crippen molar-refractivity contribution in [2.75, 3.05) is 13.1 Å². The van der Waals surface area contributed by atoms with E-state index in [1.807, 2.05) is 6.92 Å². The van der Waals surface area contributed by atoms with Crippen molar-refractivity contribution < 1.29 is 14.4 Å². The highest BCUT2D eigenvalue weighted by Gasteiger charge is 2.51. The minimum absolute atomic E-state index is 0.0429. The van der Waals surface area contributed by atoms with Crippen molar-refractivity contribution in [3.8, 4) is 0 Å². The number of amides is 4. The summed E-state index contributed by atoms with van der Waals surface area (Å²) in [6.45, 7) is 2.93. The van der Waals surface area contributed by atoms with Crippen LogP contribution in [-0.4, -0.2) is 41.4 Å². The summed E-state index contributed by atoms with van der Waals surface area (Å²) in [5.41, 5.74) is -0.624. The van der Waals surface area contributed by atoms with E-state index in [1.165, 1.54) is 4.90 Å². The SMILES string of the molecule is CCCCC(=O)NCCCN1C(=O)NC2(CCCC2)C1=O. The van der Waals surface area contributed by atoms with E-state index in [9.17, 15) is 14.4 Å². The molecule has 6 heteroatoms. The zero-order valence-corrected chi connectivity index (χ0v) is 12.7. The molecule has 0 bridgehead atoms. The number of carbonyl (C=O) groups is 3. The molecule has 2 fully saturated rings. The molecule has 1 aliphatic heterocycles. The summed E-state index contributed by atoms with van der Waals surface area (Å²) in [7, 11) is 0. The van der Waals surface area contributed by atoms with Crippen molar-refractivity contribution in [2.45, 2.75) is 63.8 Å². The Hall–Kier alpha value is -1.59. The zero-order valence-electron chi connectivity index (χ0n) is 12.7. The van der Waals surface area contributed by atoms with E-state index in [0.717, 1.165) is 38.5 Å². The summed E-state index contributed by atoms with van der Waals surface area (Å²) < 4.78 is 0. The molecule has 1 saturated carbocycles. The molecule has 1 spiro atoms. The second kappa shape index (κ2) is 6.91. The average Bonchev–Trinajstić information content (AvgIpc) is 3.01. The van der Waals surface area contributed by atoms with Crippen LogP contribution in [0.2, 0.25) is 0 Å². The quantitative estimate of drug-likeness (QED) is 0.552. The van der Waals surface area contributed by atoms with Gasteiger partial charge in [0.1, 0.15) is 5.54 Å². The van der Waals surface area contributed by atoms with E-state index in [-0.39, 0.29) is 17.8 Å². The molecule has 0 aromatic carbocycles. The Morgan fingerprint density at radius 2 is 2.00 bits per heavy atom. The smallest absolute Gasteiger partial charge is 0.325 e. The third-order valence-corrected chi connectivity index (χ3v) is 4.34. The summed E-state index contributed by atoms with van der Waals surface area (Å²) in [5.74, 6) is -0.0383. The maximum atomic E-state index is 12.4. The molecular formula is C15H25N3O3. The number of unbranched alkanes of at least 4 members (excludes halogenated alkanes) is 1. The lowest BCUT2D eigenvalue weighted by Gasteiger charge is -2.20. The second-order valence-electron chi connectivity index (χ2n) is 5.98. The van der Waals surface area contributed by atoms with Crippen LogP contribution in [0, 0.1) is 0 Å². The lowest BCUT2D eigenvalue weighted by Crippen LogP contribution is -2.44. The number of carbonyl (C=O) groups excluding carboxylic acids is 3. The monoisotopic (exact) mass is 295 g/mol. The summed E-state index contributed by atoms with van der Waals surface area (Å²) >= 11 is 0. The van der Waals surface area contributed by atoms with Crippen LogP contribution in [-0.2, 0) is 9.59 Å². The second-order valence-corrected chi connectivity index (χ2v) is 5.98. The minimum atomic E-state index is -0.624. The van der Waals surface area contributed by atoms with Gasteiger partial charge in [-0.25, -0.2) is 4.79 Å². The fourth-order valence-corrected chi connectivity index (χ4v) is 3.09. The van der Waals surface area contributed by atoms with Gasteiger partial charge in [-0.15, -0.1) is 0 Å². The number of imide groups is 1. The van der Waals surface area contributed by atoms with E-state index in [1.54, 1.807) is 0 Å². The normalized spacial score (nSPS) is 20.1. The van der Waals surface area contributed by atoms with Crippen LogP contribution >= 0.6 is 0 Å². The van der Waals surface area contributed by atoms with Crippen LogP contribution in [0.1, 0.15) is 58.3 Å². The molecule has 0 atom stereocenters. The van der Waals surface area contributed by atoms with Crippen molar-refractivity contribution in [1.82, 2.24) is 15.5 Å². The van der Waals surface area contributed by atoms with E-state index in [0.29, 0.717) is 25.9 Å². The van der Waals surface area contributed by atoms with Crippen LogP contribution in [0.15, 0.2) is 0 Å². The van der Waals surface area contributed by atoms with Gasteiger partial charge in [0.15, 0.2) is 0 Å². The van der Waals surface area contributed by atoms with Gasteiger partial charge in [-0.2, -0.15) is 0 Å². The van der Waals surface area contributed by atoms with Gasteiger partial charge in [0.2, 0.25) is 5.91 Å². The first-order chi connectivity index (χ1) is 10.1. The fraction of sp³-hybridized carbons (Fsp3) is 0.800. The van der Waals surface area contributed by atoms with Crippen LogP contribution in [0.5, 0.6) is 0 Å². The third-order valence-electron chi connectivity index (χ3n) is 4.34. The highest BCUT2D eigenvalue weighted by molar-refractivity contribution is 6.07. The molecule has 2 aliphatic rings. The van der Waals surface area contributed by atoms with Crippen molar-refractivity contribution in [1.29, 1.82) is 0 Å². The number of nitrogens with zero attached hydrogens (tertiary/aromatic N) is 1. The van der Waals surface area contributed by atoms with Gasteiger partial charge in [-0.1, -0.05) is 26.2 Å². The molecule has 0 aromatic rings. The van der Waals surface area contributed by atoms with Crippen LogP contribution in [0.4, 0.5) is 4.79 Å². The van der Waals surface area contributed by atoms with Gasteiger partial charge in [0, 0.05) is 19.5 Å². The number of urea groups is 1. The Morgan fingerprint density at radius 1 is 1.29 bits per heavy atom. The van der Waals surface area contributed by atoms with Crippen molar-refractivity contribution in [3.63, 3.8) is 0 Å². The first kappa shape index (κ1) is 15.8. The third kappa shape index (κ3) is 3.54. The highest BCUT2D eigenvalue weighted by atomic mass is 16.2. The molecule has 1 heterocycles. The number of nitrogens with one attached hydrogen (secondary N) is 2. The standard InChI is InChI=1S/C15H25N3O3/c1-2-3-7-12(19)16-10-6-11-18-13(20)15(17-14(18)21)8-4-5-9-15/h2-11H2,1H3,(H,16,19)(H,17,21). The van der Waals surface area contributed by atoms with Crippen LogP contribution in [0.3, 0.4) is 0 Å². The van der Waals surface area contributed by atoms with Gasteiger partial charge in [0.25, 0.3) is 5.91 Å². The molecule has 0 radical (unpaired) electrons. The molecule has 1 saturated heterocycles. The molecule has 4 amide bonds. The van der Waals surface area contributed by atoms with Gasteiger partial charge >= 0.3 is 6.03 Å². The van der Waals surface area contributed by atoms with E-state index >= 15 is 0 Å². The Labute approximate surface area is 125 Å². The molecule has 0 unspecified atom stereocenters. The number of rotatable bonds is 7. The molecule has 0 aromatic heterocycles. The Kier molecular flexibility index (Phi) is 5.20. The van der Waals surface area contributed by atoms with E-state index < -0.39 is 5.54 Å². The van der Waals surface area contributed by atoms with E-state index in [4.69, 9.17) is 0 Å². The fourth-order valence-electron chi connectivity index (χ4n) is 3.09. The first-order valence-corrected chi connectivity index (χ1v) is 8.00. The minimum Gasteiger partial charge on any atom is -0.356 e. The Balaban J connectivity index is 1.72. The molecule has 2 rings (SSSR count). The van der Waals surface area contributed by atoms with Gasteiger partial charge < -0.3 is 10.6 Å². The van der Waals surface area contributed by atoms with Crippen LogP contribution in [0.25, 0.3) is 0 Å². The summed E-state index contributed by atoms with van der Waals surface area (Å²) in [6, 6.07) is -0.279. The maximum absolute atomic E-state index is 12.4. The lowest BCUT2D eigenvalue weighted by molar-refractivity contribution is -0.131. The predicted molar refractivity (Wildman–Crippen MR) is 78.6 cm³/mol. The van der Waals surface area contributed by atoms with Crippen molar-refractivity contribution in [3.05, 3.63) is 0 Å². The number of hydrogen-bond donors (Lipinski definition) is 2. The van der Waals surface area contributed by atoms with Gasteiger partial charge in [-0.05, 0) is 25.7 Å². The summed E-state index contributed by atoms with van der Waals surface area (Å²) in [5, 5.41) is 5.68. The molecule has 2 N–H and O–H groups in total. The van der Waals surface area contributed by atoms with Gasteiger partial charge in [-0.3, -0.25) is 14.5 Å². The summed E-state index contributed by atoms with van der Waals surface area (Å²) in [6.07, 6.45) is 6.53. The molecule has 1 aliphatic carbocycles. The number of hydrogen-bond acceptors (Lipinski definition) is 3. The Bertz CT molecular complexity index is 416. The van der Waals surface area contributed by atoms with Crippen molar-refractivity contribution >= 4 is 17.8 Å². The lowest BCUT2D eigenvalue weighted by atomic mass is 9.98. The molecule has 6 nitrogen and oxygen atoms in total. The average molecular weight is 295 g/mol. The maximum Gasteiger partial charge on any atom is 0.325 e. The highest BCUT2D eigenvalue weighted by Crippen LogP contribution is 2.34.